The van der Waals surface area contributed by atoms with Crippen molar-refractivity contribution in [3.8, 4) is 0 Å². The fourth-order valence-corrected chi connectivity index (χ4v) is 6.18. The number of carboxylic acid groups (broad SMARTS) is 1. The Morgan fingerprint density at radius 3 is 2.04 bits per heavy atom. The lowest BCUT2D eigenvalue weighted by atomic mass is 9.47. The molecule has 0 amide bonds. The van der Waals surface area contributed by atoms with Gasteiger partial charge in [0.2, 0.25) is 0 Å². The van der Waals surface area contributed by atoms with Crippen molar-refractivity contribution in [3.05, 3.63) is 35.9 Å². The number of halogens is 1. The van der Waals surface area contributed by atoms with Crippen LogP contribution in [0.15, 0.2) is 30.3 Å². The van der Waals surface area contributed by atoms with Gasteiger partial charge in [-0.2, -0.15) is 0 Å². The summed E-state index contributed by atoms with van der Waals surface area (Å²) in [7, 11) is 0. The van der Waals surface area contributed by atoms with E-state index in [1.54, 1.807) is 0 Å². The van der Waals surface area contributed by atoms with Gasteiger partial charge in [-0.05, 0) is 67.3 Å². The zero-order valence-corrected chi connectivity index (χ0v) is 15.3. The number of aliphatic hydroxyl groups is 1. The summed E-state index contributed by atoms with van der Waals surface area (Å²) in [5, 5.41) is 23.1. The van der Waals surface area contributed by atoms with Crippen molar-refractivity contribution in [3.63, 3.8) is 0 Å². The predicted molar refractivity (Wildman–Crippen MR) is 98.7 cm³/mol. The van der Waals surface area contributed by atoms with Gasteiger partial charge in [-0.3, -0.25) is 10.1 Å². The van der Waals surface area contributed by atoms with Crippen LogP contribution in [0.5, 0.6) is 0 Å². The van der Waals surface area contributed by atoms with E-state index >= 15 is 0 Å². The van der Waals surface area contributed by atoms with Crippen LogP contribution in [-0.2, 0) is 4.79 Å². The minimum absolute atomic E-state index is 0. The topological polar surface area (TPSA) is 69.6 Å². The van der Waals surface area contributed by atoms with Crippen molar-refractivity contribution in [2.75, 3.05) is 6.61 Å². The predicted octanol–water partition coefficient (Wildman–Crippen LogP) is 3.40. The number of hydrogen-bond donors (Lipinski definition) is 3. The van der Waals surface area contributed by atoms with E-state index in [4.69, 9.17) is 0 Å². The highest BCUT2D eigenvalue weighted by Gasteiger charge is 2.56. The fourth-order valence-electron chi connectivity index (χ4n) is 6.18. The summed E-state index contributed by atoms with van der Waals surface area (Å²) in [4.78, 5) is 12.2. The van der Waals surface area contributed by atoms with Crippen molar-refractivity contribution in [1.29, 1.82) is 0 Å². The molecule has 3 N–H and O–H groups in total. The van der Waals surface area contributed by atoms with Crippen LogP contribution in [0.4, 0.5) is 0 Å². The second-order valence-corrected chi connectivity index (χ2v) is 8.36. The number of carboxylic acids is 1. The molecule has 4 fully saturated rings. The van der Waals surface area contributed by atoms with Gasteiger partial charge in [0.1, 0.15) is 6.04 Å². The summed E-state index contributed by atoms with van der Waals surface area (Å²) in [5.41, 5.74) is 0.832. The number of carbonyl (C=O) groups is 1. The van der Waals surface area contributed by atoms with E-state index in [0.717, 1.165) is 24.8 Å². The SMILES string of the molecule is Cl.O=C(O)C(NC(CO)c1ccccc1)C12CC3CC(CC(C3)C1)C2. The van der Waals surface area contributed by atoms with E-state index in [1.165, 1.54) is 19.3 Å². The molecule has 4 saturated carbocycles. The maximum atomic E-state index is 12.2. The van der Waals surface area contributed by atoms with Crippen LogP contribution >= 0.6 is 12.4 Å². The summed E-state index contributed by atoms with van der Waals surface area (Å²) in [6.07, 6.45) is 7.01. The molecule has 0 spiro atoms. The first-order chi connectivity index (χ1) is 11.6. The van der Waals surface area contributed by atoms with Crippen LogP contribution < -0.4 is 5.32 Å². The van der Waals surface area contributed by atoms with E-state index in [2.05, 4.69) is 5.32 Å². The van der Waals surface area contributed by atoms with Gasteiger partial charge in [-0.1, -0.05) is 30.3 Å². The van der Waals surface area contributed by atoms with Crippen molar-refractivity contribution in [2.45, 2.75) is 50.6 Å². The Morgan fingerprint density at radius 2 is 1.60 bits per heavy atom. The second-order valence-electron chi connectivity index (χ2n) is 8.36. The third-order valence-corrected chi connectivity index (χ3v) is 6.70. The smallest absolute Gasteiger partial charge is 0.321 e. The summed E-state index contributed by atoms with van der Waals surface area (Å²) >= 11 is 0. The van der Waals surface area contributed by atoms with Gasteiger partial charge in [-0.15, -0.1) is 12.4 Å². The van der Waals surface area contributed by atoms with E-state index in [-0.39, 0.29) is 30.5 Å². The van der Waals surface area contributed by atoms with Crippen LogP contribution in [0, 0.1) is 23.2 Å². The molecule has 0 saturated heterocycles. The molecule has 25 heavy (non-hydrogen) atoms. The van der Waals surface area contributed by atoms with Crippen molar-refractivity contribution < 1.29 is 15.0 Å². The lowest BCUT2D eigenvalue weighted by Crippen LogP contribution is -2.59. The molecular formula is C20H28ClNO3. The van der Waals surface area contributed by atoms with Crippen molar-refractivity contribution in [2.24, 2.45) is 23.2 Å². The van der Waals surface area contributed by atoms with Gasteiger partial charge in [0.25, 0.3) is 0 Å². The molecular weight excluding hydrogens is 338 g/mol. The number of aliphatic carboxylic acids is 1. The standard InChI is InChI=1S/C20H27NO3.ClH/c22-12-17(16-4-2-1-3-5-16)21-18(19(23)24)20-9-13-6-14(10-20)8-15(7-13)11-20;/h1-5,13-15,17-18,21-22H,6-12H2,(H,23,24);1H. The number of rotatable bonds is 6. The molecule has 2 unspecified atom stereocenters. The minimum Gasteiger partial charge on any atom is -0.480 e. The van der Waals surface area contributed by atoms with Crippen molar-refractivity contribution in [1.82, 2.24) is 5.32 Å². The molecule has 0 aliphatic heterocycles. The maximum absolute atomic E-state index is 12.2. The lowest BCUT2D eigenvalue weighted by Gasteiger charge is -2.59. The number of hydrogen-bond acceptors (Lipinski definition) is 3. The van der Waals surface area contributed by atoms with Gasteiger partial charge in [-0.25, -0.2) is 0 Å². The van der Waals surface area contributed by atoms with E-state index in [1.807, 2.05) is 30.3 Å². The van der Waals surface area contributed by atoms with Gasteiger partial charge in [0.05, 0.1) is 12.6 Å². The van der Waals surface area contributed by atoms with Gasteiger partial charge in [0.15, 0.2) is 0 Å². The number of nitrogens with one attached hydrogen (secondary N) is 1. The van der Waals surface area contributed by atoms with Gasteiger partial charge in [0, 0.05) is 0 Å². The molecule has 138 valence electrons. The monoisotopic (exact) mass is 365 g/mol. The fraction of sp³-hybridized carbons (Fsp3) is 0.650. The molecule has 4 aliphatic carbocycles. The van der Waals surface area contributed by atoms with E-state index in [0.29, 0.717) is 17.8 Å². The Labute approximate surface area is 155 Å². The molecule has 0 aromatic heterocycles. The van der Waals surface area contributed by atoms with Crippen LogP contribution in [-0.4, -0.2) is 28.8 Å². The molecule has 4 nitrogen and oxygen atoms in total. The van der Waals surface area contributed by atoms with Gasteiger partial charge >= 0.3 is 5.97 Å². The normalized spacial score (nSPS) is 35.0. The summed E-state index contributed by atoms with van der Waals surface area (Å²) < 4.78 is 0. The highest BCUT2D eigenvalue weighted by molar-refractivity contribution is 5.85. The van der Waals surface area contributed by atoms with E-state index < -0.39 is 12.0 Å². The summed E-state index contributed by atoms with van der Waals surface area (Å²) in [5.74, 6) is 1.38. The van der Waals surface area contributed by atoms with Crippen LogP contribution in [0.25, 0.3) is 0 Å². The average molecular weight is 366 g/mol. The summed E-state index contributed by atoms with van der Waals surface area (Å²) in [6.45, 7) is -0.0832. The number of benzene rings is 1. The van der Waals surface area contributed by atoms with Crippen LogP contribution in [0.2, 0.25) is 0 Å². The van der Waals surface area contributed by atoms with Gasteiger partial charge < -0.3 is 10.2 Å². The molecule has 0 heterocycles. The zero-order valence-electron chi connectivity index (χ0n) is 14.4. The Bertz CT molecular complexity index is 571. The third kappa shape index (κ3) is 3.44. The molecule has 4 aliphatic rings. The second kappa shape index (κ2) is 7.26. The minimum atomic E-state index is -0.758. The molecule has 0 radical (unpaired) electrons. The van der Waals surface area contributed by atoms with Crippen LogP contribution in [0.3, 0.4) is 0 Å². The molecule has 2 atom stereocenters. The first-order valence-electron chi connectivity index (χ1n) is 9.24. The first-order valence-corrected chi connectivity index (χ1v) is 9.24. The summed E-state index contributed by atoms with van der Waals surface area (Å²) in [6, 6.07) is 8.81. The molecule has 5 rings (SSSR count). The van der Waals surface area contributed by atoms with Crippen molar-refractivity contribution >= 4 is 18.4 Å². The Balaban J connectivity index is 0.00000182. The molecule has 5 heteroatoms. The Kier molecular flexibility index (Phi) is 5.42. The lowest BCUT2D eigenvalue weighted by molar-refractivity contribution is -0.152. The maximum Gasteiger partial charge on any atom is 0.321 e. The largest absolute Gasteiger partial charge is 0.480 e. The molecule has 4 bridgehead atoms. The highest BCUT2D eigenvalue weighted by atomic mass is 35.5. The quantitative estimate of drug-likeness (QED) is 0.722. The molecule has 1 aromatic rings. The molecule has 1 aromatic carbocycles. The average Bonchev–Trinajstić information content (AvgIpc) is 2.54. The van der Waals surface area contributed by atoms with E-state index in [9.17, 15) is 15.0 Å². The zero-order chi connectivity index (χ0) is 16.7. The Hall–Kier alpha value is -1.10. The van der Waals surface area contributed by atoms with Crippen LogP contribution in [0.1, 0.15) is 50.1 Å². The number of aliphatic hydroxyl groups excluding tert-OH is 1. The highest BCUT2D eigenvalue weighted by Crippen LogP contribution is 2.61. The third-order valence-electron chi connectivity index (χ3n) is 6.70. The first kappa shape index (κ1) is 18.7. The Morgan fingerprint density at radius 1 is 1.08 bits per heavy atom.